The number of nitrogens with zero attached hydrogens (tertiary/aromatic N) is 1. The molecule has 0 radical (unpaired) electrons. The van der Waals surface area contributed by atoms with E-state index in [0.29, 0.717) is 6.54 Å². The molecule has 11 heavy (non-hydrogen) atoms. The molecule has 0 saturated heterocycles. The van der Waals surface area contributed by atoms with Gasteiger partial charge in [-0.3, -0.25) is 4.18 Å². The van der Waals surface area contributed by atoms with Crippen molar-refractivity contribution in [3.63, 3.8) is 0 Å². The fourth-order valence-electron chi connectivity index (χ4n) is 0.322. The van der Waals surface area contributed by atoms with Gasteiger partial charge in [0.25, 0.3) is 0 Å². The molecule has 0 aromatic rings. The Morgan fingerprint density at radius 2 is 1.91 bits per heavy atom. The molecule has 7 heteroatoms. The van der Waals surface area contributed by atoms with Gasteiger partial charge in [-0.2, -0.15) is 0 Å². The molecule has 0 spiro atoms. The van der Waals surface area contributed by atoms with Gasteiger partial charge < -0.3 is 9.45 Å². The maximum Gasteiger partial charge on any atom is 1.00 e. The minimum Gasteiger partial charge on any atom is -0.726 e. The van der Waals surface area contributed by atoms with Crippen LogP contribution in [0.3, 0.4) is 0 Å². The fraction of sp³-hybridized carbons (Fsp3) is 1.00. The largest absolute Gasteiger partial charge is 1.00 e. The molecule has 0 aromatic carbocycles. The summed E-state index contributed by atoms with van der Waals surface area (Å²) in [5.41, 5.74) is 0. The van der Waals surface area contributed by atoms with Crippen LogP contribution in [0.5, 0.6) is 0 Å². The summed E-state index contributed by atoms with van der Waals surface area (Å²) in [6.07, 6.45) is 0. The Morgan fingerprint density at radius 3 is 2.18 bits per heavy atom. The molecule has 0 aliphatic rings. The molecule has 0 aliphatic carbocycles. The van der Waals surface area contributed by atoms with Crippen LogP contribution in [-0.2, 0) is 14.6 Å². The zero-order chi connectivity index (χ0) is 8.20. The van der Waals surface area contributed by atoms with Crippen LogP contribution in [-0.4, -0.2) is 45.1 Å². The average Bonchev–Trinajstić information content (AvgIpc) is 1.59. The molecule has 0 saturated carbocycles. The molecule has 62 valence electrons. The van der Waals surface area contributed by atoms with Gasteiger partial charge in [0.15, 0.2) is 0 Å². The van der Waals surface area contributed by atoms with E-state index in [2.05, 4.69) is 4.18 Å². The van der Waals surface area contributed by atoms with Gasteiger partial charge in [0, 0.05) is 6.54 Å². The molecule has 0 heterocycles. The van der Waals surface area contributed by atoms with Crippen molar-refractivity contribution < 1.29 is 68.5 Å². The molecule has 0 N–H and O–H groups in total. The Morgan fingerprint density at radius 1 is 1.45 bits per heavy atom. The van der Waals surface area contributed by atoms with Gasteiger partial charge in [0.2, 0.25) is 10.4 Å². The molecule has 0 aliphatic heterocycles. The number of likely N-dealkylation sites (N-methyl/N-ethyl adjacent to an activating group) is 1. The van der Waals surface area contributed by atoms with E-state index in [4.69, 9.17) is 0 Å². The molecule has 0 atom stereocenters. The van der Waals surface area contributed by atoms with Crippen LogP contribution in [0.15, 0.2) is 0 Å². The second kappa shape index (κ2) is 6.93. The fourth-order valence-corrected chi connectivity index (χ4v) is 0.601. The Labute approximate surface area is 109 Å². The van der Waals surface area contributed by atoms with Crippen molar-refractivity contribution in [2.75, 3.05) is 27.2 Å². The summed E-state index contributed by atoms with van der Waals surface area (Å²) in [6.45, 7) is 0.334. The number of rotatable bonds is 4. The molecule has 0 unspecified atom stereocenters. The standard InChI is InChI=1S/C4H11NO4S.K/c1-5(2)3-4-9-10(6,7)8;/h3-4H2,1-2H3,(H,6,7,8);/q;+1/p-1. The second-order valence-corrected chi connectivity index (χ2v) is 3.09. The van der Waals surface area contributed by atoms with Crippen molar-refractivity contribution in [3.05, 3.63) is 0 Å². The van der Waals surface area contributed by atoms with Gasteiger partial charge in [0.1, 0.15) is 0 Å². The third kappa shape index (κ3) is 14.3. The number of hydrogen-bond donors (Lipinski definition) is 0. The van der Waals surface area contributed by atoms with Gasteiger partial charge in [0.05, 0.1) is 6.61 Å². The van der Waals surface area contributed by atoms with E-state index in [9.17, 15) is 13.0 Å². The Bertz CT molecular complexity index is 179. The molecular weight excluding hydrogens is 197 g/mol. The first kappa shape index (κ1) is 15.0. The van der Waals surface area contributed by atoms with Crippen LogP contribution in [0.2, 0.25) is 0 Å². The summed E-state index contributed by atoms with van der Waals surface area (Å²) >= 11 is 0. The second-order valence-electron chi connectivity index (χ2n) is 2.03. The SMILES string of the molecule is CN(C)CCOS(=O)(=O)[O-].[K+]. The van der Waals surface area contributed by atoms with E-state index in [1.54, 1.807) is 19.0 Å². The monoisotopic (exact) mass is 207 g/mol. The first-order chi connectivity index (χ1) is 4.42. The van der Waals surface area contributed by atoms with Crippen LogP contribution in [0.25, 0.3) is 0 Å². The summed E-state index contributed by atoms with van der Waals surface area (Å²) in [4.78, 5) is 1.71. The minimum atomic E-state index is -4.50. The van der Waals surface area contributed by atoms with E-state index in [0.717, 1.165) is 0 Å². The zero-order valence-electron chi connectivity index (χ0n) is 6.90. The van der Waals surface area contributed by atoms with Crippen LogP contribution in [0.1, 0.15) is 0 Å². The Balaban J connectivity index is 0. The van der Waals surface area contributed by atoms with Crippen molar-refractivity contribution in [1.82, 2.24) is 4.90 Å². The zero-order valence-corrected chi connectivity index (χ0v) is 10.8. The third-order valence-electron chi connectivity index (χ3n) is 0.766. The van der Waals surface area contributed by atoms with Crippen LogP contribution in [0, 0.1) is 0 Å². The minimum absolute atomic E-state index is 0. The van der Waals surface area contributed by atoms with Crippen molar-refractivity contribution in [2.45, 2.75) is 0 Å². The van der Waals surface area contributed by atoms with E-state index in [1.807, 2.05) is 0 Å². The quantitative estimate of drug-likeness (QED) is 0.267. The molecular formula is C4H10KNO4S. The smallest absolute Gasteiger partial charge is 0.726 e. The maximum atomic E-state index is 9.82. The van der Waals surface area contributed by atoms with E-state index >= 15 is 0 Å². The van der Waals surface area contributed by atoms with Gasteiger partial charge in [-0.1, -0.05) is 0 Å². The molecule has 0 aromatic heterocycles. The summed E-state index contributed by atoms with van der Waals surface area (Å²) < 4.78 is 33.4. The molecule has 0 fully saturated rings. The topological polar surface area (TPSA) is 69.7 Å². The first-order valence-electron chi connectivity index (χ1n) is 2.67. The summed E-state index contributed by atoms with van der Waals surface area (Å²) in [5.74, 6) is 0. The van der Waals surface area contributed by atoms with Gasteiger partial charge in [-0.05, 0) is 14.1 Å². The van der Waals surface area contributed by atoms with Crippen molar-refractivity contribution in [3.8, 4) is 0 Å². The molecule has 0 amide bonds. The summed E-state index contributed by atoms with van der Waals surface area (Å²) in [7, 11) is -0.995. The predicted octanol–water partition coefficient (Wildman–Crippen LogP) is -3.97. The Hall–Kier alpha value is 1.47. The maximum absolute atomic E-state index is 9.82. The average molecular weight is 207 g/mol. The first-order valence-corrected chi connectivity index (χ1v) is 4.00. The molecule has 0 bridgehead atoms. The van der Waals surface area contributed by atoms with Gasteiger partial charge in [-0.15, -0.1) is 0 Å². The predicted molar refractivity (Wildman–Crippen MR) is 34.2 cm³/mol. The van der Waals surface area contributed by atoms with Crippen LogP contribution < -0.4 is 51.4 Å². The van der Waals surface area contributed by atoms with E-state index < -0.39 is 10.4 Å². The number of hydrogen-bond acceptors (Lipinski definition) is 5. The molecule has 5 nitrogen and oxygen atoms in total. The van der Waals surface area contributed by atoms with Crippen LogP contribution >= 0.6 is 0 Å². The van der Waals surface area contributed by atoms with Gasteiger partial charge in [-0.25, -0.2) is 8.42 Å². The Kier molecular flexibility index (Phi) is 9.42. The van der Waals surface area contributed by atoms with Crippen molar-refractivity contribution in [2.24, 2.45) is 0 Å². The summed E-state index contributed by atoms with van der Waals surface area (Å²) in [6, 6.07) is 0. The van der Waals surface area contributed by atoms with Crippen molar-refractivity contribution >= 4 is 10.4 Å². The van der Waals surface area contributed by atoms with Crippen LogP contribution in [0.4, 0.5) is 0 Å². The van der Waals surface area contributed by atoms with E-state index in [1.165, 1.54) is 0 Å². The molecule has 0 rings (SSSR count). The third-order valence-corrected chi connectivity index (χ3v) is 1.22. The van der Waals surface area contributed by atoms with Crippen molar-refractivity contribution in [1.29, 1.82) is 0 Å². The van der Waals surface area contributed by atoms with E-state index in [-0.39, 0.29) is 58.0 Å². The normalized spacial score (nSPS) is 11.3. The summed E-state index contributed by atoms with van der Waals surface area (Å²) in [5, 5.41) is 0. The van der Waals surface area contributed by atoms with Gasteiger partial charge >= 0.3 is 51.4 Å².